The molecular weight excluding hydrogens is 380 g/mol. The van der Waals surface area contributed by atoms with E-state index >= 15 is 0 Å². The minimum atomic E-state index is -0.0504. The number of unbranched alkanes of at least 4 members (excludes halogenated alkanes) is 1. The summed E-state index contributed by atoms with van der Waals surface area (Å²) >= 11 is 1.91. The summed E-state index contributed by atoms with van der Waals surface area (Å²) in [6.07, 6.45) is 8.54. The number of hydrogen-bond acceptors (Lipinski definition) is 6. The van der Waals surface area contributed by atoms with Crippen LogP contribution in [0.5, 0.6) is 0 Å². The Morgan fingerprint density at radius 2 is 1.96 bits per heavy atom. The number of rotatable bonds is 15. The number of terminal acetylenes is 1. The van der Waals surface area contributed by atoms with Crippen molar-refractivity contribution in [2.45, 2.75) is 43.0 Å². The van der Waals surface area contributed by atoms with Gasteiger partial charge in [-0.2, -0.15) is 11.8 Å². The minimum Gasteiger partial charge on any atom is -0.378 e. The van der Waals surface area contributed by atoms with Gasteiger partial charge in [0.05, 0.1) is 45.1 Å². The van der Waals surface area contributed by atoms with Gasteiger partial charge in [0.2, 0.25) is 5.91 Å². The van der Waals surface area contributed by atoms with Gasteiger partial charge in [-0.3, -0.25) is 4.79 Å². The molecule has 9 heteroatoms. The monoisotopic (exact) mass is 412 g/mol. The van der Waals surface area contributed by atoms with E-state index in [1.807, 2.05) is 11.8 Å². The molecule has 0 aromatic carbocycles. The Morgan fingerprint density at radius 1 is 1.18 bits per heavy atom. The smallest absolute Gasteiger partial charge is 0.315 e. The summed E-state index contributed by atoms with van der Waals surface area (Å²) in [5, 5.41) is 12.3. The molecule has 2 aliphatic heterocycles. The van der Waals surface area contributed by atoms with Gasteiger partial charge in [-0.1, -0.05) is 12.3 Å². The summed E-state index contributed by atoms with van der Waals surface area (Å²) in [6, 6.07) is 0.457. The van der Waals surface area contributed by atoms with Gasteiger partial charge in [-0.25, -0.2) is 4.79 Å². The molecule has 2 heterocycles. The van der Waals surface area contributed by atoms with E-state index in [1.54, 1.807) is 0 Å². The highest BCUT2D eigenvalue weighted by Gasteiger charge is 2.42. The number of amides is 3. The third-order valence-corrected chi connectivity index (χ3v) is 6.18. The van der Waals surface area contributed by atoms with E-state index in [1.165, 1.54) is 0 Å². The molecular formula is C19H32N4O4S. The van der Waals surface area contributed by atoms with Crippen molar-refractivity contribution in [3.63, 3.8) is 0 Å². The van der Waals surface area contributed by atoms with E-state index in [9.17, 15) is 9.59 Å². The lowest BCUT2D eigenvalue weighted by Crippen LogP contribution is -2.36. The maximum atomic E-state index is 11.8. The molecule has 2 unspecified atom stereocenters. The van der Waals surface area contributed by atoms with Gasteiger partial charge in [0.1, 0.15) is 0 Å². The fraction of sp³-hybridized carbons (Fsp3) is 0.789. The van der Waals surface area contributed by atoms with Crippen LogP contribution >= 0.6 is 11.8 Å². The number of thioether (sulfide) groups is 1. The molecule has 158 valence electrons. The highest BCUT2D eigenvalue weighted by atomic mass is 32.2. The SMILES string of the molecule is C#CCNCCOCCOCCNC(=O)CCCC[C@H]1SCC2NC(=O)NC21. The first-order chi connectivity index (χ1) is 13.7. The summed E-state index contributed by atoms with van der Waals surface area (Å²) in [5.74, 6) is 3.53. The zero-order chi connectivity index (χ0) is 20.0. The zero-order valence-electron chi connectivity index (χ0n) is 16.3. The van der Waals surface area contributed by atoms with Crippen molar-refractivity contribution in [3.05, 3.63) is 0 Å². The average Bonchev–Trinajstić information content (AvgIpc) is 3.22. The lowest BCUT2D eigenvalue weighted by atomic mass is 10.0. The van der Waals surface area contributed by atoms with Crippen molar-refractivity contribution in [2.24, 2.45) is 0 Å². The summed E-state index contributed by atoms with van der Waals surface area (Å²) in [7, 11) is 0. The van der Waals surface area contributed by atoms with Crippen LogP contribution in [0.4, 0.5) is 4.79 Å². The van der Waals surface area contributed by atoms with Gasteiger partial charge < -0.3 is 30.7 Å². The minimum absolute atomic E-state index is 0.0504. The van der Waals surface area contributed by atoms with Crippen molar-refractivity contribution >= 4 is 23.7 Å². The first-order valence-corrected chi connectivity index (χ1v) is 11.0. The molecule has 2 fully saturated rings. The predicted molar refractivity (Wildman–Crippen MR) is 110 cm³/mol. The Labute approximate surface area is 171 Å². The molecule has 3 atom stereocenters. The number of nitrogens with one attached hydrogen (secondary N) is 4. The summed E-state index contributed by atoms with van der Waals surface area (Å²) in [5.41, 5.74) is 0. The molecule has 28 heavy (non-hydrogen) atoms. The van der Waals surface area contributed by atoms with Gasteiger partial charge in [0.15, 0.2) is 0 Å². The second kappa shape index (κ2) is 13.7. The highest BCUT2D eigenvalue weighted by molar-refractivity contribution is 8.00. The maximum absolute atomic E-state index is 11.8. The molecule has 2 rings (SSSR count). The summed E-state index contributed by atoms with van der Waals surface area (Å²) in [4.78, 5) is 23.2. The van der Waals surface area contributed by atoms with Crippen LogP contribution in [-0.2, 0) is 14.3 Å². The third kappa shape index (κ3) is 8.69. The Hall–Kier alpha value is -1.47. The predicted octanol–water partition coefficient (Wildman–Crippen LogP) is 0.0844. The lowest BCUT2D eigenvalue weighted by Gasteiger charge is -2.16. The Bertz CT molecular complexity index is 529. The zero-order valence-corrected chi connectivity index (χ0v) is 17.2. The van der Waals surface area contributed by atoms with E-state index in [0.29, 0.717) is 51.2 Å². The number of ether oxygens (including phenoxy) is 2. The summed E-state index contributed by atoms with van der Waals surface area (Å²) in [6.45, 7) is 3.93. The third-order valence-electron chi connectivity index (χ3n) is 4.67. The number of carbonyl (C=O) groups is 2. The number of hydrogen-bond donors (Lipinski definition) is 4. The van der Waals surface area contributed by atoms with Crippen molar-refractivity contribution in [2.75, 3.05) is 51.8 Å². The van der Waals surface area contributed by atoms with E-state index in [-0.39, 0.29) is 24.0 Å². The first kappa shape index (κ1) is 22.8. The second-order valence-corrected chi connectivity index (χ2v) is 8.10. The maximum Gasteiger partial charge on any atom is 0.315 e. The van der Waals surface area contributed by atoms with E-state index in [2.05, 4.69) is 27.2 Å². The van der Waals surface area contributed by atoms with Crippen molar-refractivity contribution in [3.8, 4) is 12.3 Å². The molecule has 0 aromatic rings. The van der Waals surface area contributed by atoms with Crippen LogP contribution in [0, 0.1) is 12.3 Å². The van der Waals surface area contributed by atoms with Gasteiger partial charge in [-0.05, 0) is 12.8 Å². The standard InChI is InChI=1S/C19H32N4O4S/c1-2-7-20-8-10-26-12-13-27-11-9-21-17(24)6-4-3-5-16-18-15(14-28-16)22-19(25)23-18/h1,15-16,18,20H,3-14H2,(H,21,24)(H2,22,23,25)/t15?,16-,18?/m1/s1. The molecule has 0 spiro atoms. The van der Waals surface area contributed by atoms with E-state index in [4.69, 9.17) is 15.9 Å². The van der Waals surface area contributed by atoms with Crippen molar-refractivity contribution in [1.29, 1.82) is 0 Å². The van der Waals surface area contributed by atoms with Crippen LogP contribution in [0.2, 0.25) is 0 Å². The molecule has 0 aromatic heterocycles. The van der Waals surface area contributed by atoms with E-state index in [0.717, 1.165) is 31.6 Å². The normalized spacial score (nSPS) is 23.0. The Balaban J connectivity index is 1.35. The Morgan fingerprint density at radius 3 is 2.75 bits per heavy atom. The van der Waals surface area contributed by atoms with Gasteiger partial charge in [0.25, 0.3) is 0 Å². The van der Waals surface area contributed by atoms with Crippen LogP contribution in [0.1, 0.15) is 25.7 Å². The van der Waals surface area contributed by atoms with Crippen LogP contribution < -0.4 is 21.3 Å². The molecule has 0 saturated carbocycles. The molecule has 8 nitrogen and oxygen atoms in total. The number of urea groups is 1. The van der Waals surface area contributed by atoms with Crippen LogP contribution in [0.3, 0.4) is 0 Å². The number of carbonyl (C=O) groups excluding carboxylic acids is 2. The fourth-order valence-corrected chi connectivity index (χ4v) is 4.80. The number of fused-ring (bicyclic) bond motifs is 1. The molecule has 0 radical (unpaired) electrons. The first-order valence-electron chi connectivity index (χ1n) is 9.95. The van der Waals surface area contributed by atoms with Crippen LogP contribution in [0.15, 0.2) is 0 Å². The topological polar surface area (TPSA) is 101 Å². The van der Waals surface area contributed by atoms with Crippen molar-refractivity contribution in [1.82, 2.24) is 21.3 Å². The fourth-order valence-electron chi connectivity index (χ4n) is 3.25. The van der Waals surface area contributed by atoms with Crippen LogP contribution in [0.25, 0.3) is 0 Å². The average molecular weight is 413 g/mol. The largest absolute Gasteiger partial charge is 0.378 e. The van der Waals surface area contributed by atoms with Gasteiger partial charge in [-0.15, -0.1) is 6.42 Å². The van der Waals surface area contributed by atoms with Gasteiger partial charge >= 0.3 is 6.03 Å². The second-order valence-electron chi connectivity index (χ2n) is 6.82. The lowest BCUT2D eigenvalue weighted by molar-refractivity contribution is -0.121. The Kier molecular flexibility index (Phi) is 11.1. The van der Waals surface area contributed by atoms with Crippen LogP contribution in [-0.4, -0.2) is 81.1 Å². The molecule has 2 saturated heterocycles. The quantitative estimate of drug-likeness (QED) is 0.173. The molecule has 4 N–H and O–H groups in total. The molecule has 3 amide bonds. The highest BCUT2D eigenvalue weighted by Crippen LogP contribution is 2.33. The van der Waals surface area contributed by atoms with Crippen molar-refractivity contribution < 1.29 is 19.1 Å². The summed E-state index contributed by atoms with van der Waals surface area (Å²) < 4.78 is 10.8. The van der Waals surface area contributed by atoms with E-state index < -0.39 is 0 Å². The van der Waals surface area contributed by atoms with Gasteiger partial charge in [0, 0.05) is 30.5 Å². The molecule has 2 aliphatic rings. The molecule has 0 bridgehead atoms. The molecule has 0 aliphatic carbocycles.